The molecule has 0 spiro atoms. The fraction of sp³-hybridized carbons (Fsp3) is 0.100. The number of carbonyl (C=O) groups excluding carboxylic acids is 1. The lowest BCUT2D eigenvalue weighted by molar-refractivity contribution is -0.113. The molecule has 1 aromatic carbocycles. The molecule has 0 saturated heterocycles. The van der Waals surface area contributed by atoms with Crippen molar-refractivity contribution in [2.75, 3.05) is 11.1 Å². The zero-order chi connectivity index (χ0) is 20.1. The Balaban J connectivity index is 1.52. The van der Waals surface area contributed by atoms with Crippen LogP contribution in [0, 0.1) is 0 Å². The number of carbonyl (C=O) groups is 1. The summed E-state index contributed by atoms with van der Waals surface area (Å²) in [7, 11) is 0. The summed E-state index contributed by atoms with van der Waals surface area (Å²) >= 11 is 7.26. The number of thioether (sulfide) groups is 1. The number of anilines is 1. The first-order valence-electron chi connectivity index (χ1n) is 8.73. The van der Waals surface area contributed by atoms with Gasteiger partial charge in [0.2, 0.25) is 5.91 Å². The zero-order valence-electron chi connectivity index (χ0n) is 15.2. The summed E-state index contributed by atoms with van der Waals surface area (Å²) in [5.41, 5.74) is 1.53. The average molecular weight is 426 g/mol. The molecule has 0 saturated carbocycles. The summed E-state index contributed by atoms with van der Waals surface area (Å²) in [5, 5.41) is 12.6. The minimum Gasteiger partial charge on any atom is -0.467 e. The molecule has 1 N–H and O–H groups in total. The van der Waals surface area contributed by atoms with Crippen LogP contribution in [0.25, 0.3) is 11.4 Å². The molecule has 0 aliphatic heterocycles. The van der Waals surface area contributed by atoms with Crippen LogP contribution in [0.3, 0.4) is 0 Å². The van der Waals surface area contributed by atoms with Crippen molar-refractivity contribution in [1.82, 2.24) is 19.7 Å². The lowest BCUT2D eigenvalue weighted by atomic mass is 10.2. The fourth-order valence-electron chi connectivity index (χ4n) is 2.70. The van der Waals surface area contributed by atoms with Crippen LogP contribution < -0.4 is 5.32 Å². The smallest absolute Gasteiger partial charge is 0.234 e. The van der Waals surface area contributed by atoms with Crippen molar-refractivity contribution in [3.05, 3.63) is 78.0 Å². The number of hydrogen-bond acceptors (Lipinski definition) is 6. The largest absolute Gasteiger partial charge is 0.467 e. The molecular weight excluding hydrogens is 410 g/mol. The van der Waals surface area contributed by atoms with Gasteiger partial charge >= 0.3 is 0 Å². The Labute approximate surface area is 176 Å². The average Bonchev–Trinajstić information content (AvgIpc) is 3.38. The summed E-state index contributed by atoms with van der Waals surface area (Å²) in [4.78, 5) is 16.4. The third-order valence-electron chi connectivity index (χ3n) is 3.99. The van der Waals surface area contributed by atoms with E-state index in [1.54, 1.807) is 42.9 Å². The van der Waals surface area contributed by atoms with Gasteiger partial charge in [0.1, 0.15) is 5.76 Å². The molecule has 3 heterocycles. The Hall–Kier alpha value is -3.10. The lowest BCUT2D eigenvalue weighted by Crippen LogP contribution is -2.14. The summed E-state index contributed by atoms with van der Waals surface area (Å²) in [6.45, 7) is 0.454. The van der Waals surface area contributed by atoms with Crippen molar-refractivity contribution >= 4 is 35.0 Å². The summed E-state index contributed by atoms with van der Waals surface area (Å²) in [6, 6.07) is 14.5. The molecular formula is C20H16ClN5O2S. The topological polar surface area (TPSA) is 85.8 Å². The molecule has 4 aromatic rings. The first-order chi connectivity index (χ1) is 14.2. The van der Waals surface area contributed by atoms with Crippen LogP contribution >= 0.6 is 23.4 Å². The minimum absolute atomic E-state index is 0.157. The third kappa shape index (κ3) is 4.85. The number of aromatic nitrogens is 4. The van der Waals surface area contributed by atoms with E-state index in [2.05, 4.69) is 20.5 Å². The molecule has 0 unspecified atom stereocenters. The van der Waals surface area contributed by atoms with Gasteiger partial charge in [-0.3, -0.25) is 14.3 Å². The maximum Gasteiger partial charge on any atom is 0.234 e. The fourth-order valence-corrected chi connectivity index (χ4v) is 3.63. The molecule has 0 aliphatic rings. The Morgan fingerprint density at radius 3 is 2.76 bits per heavy atom. The third-order valence-corrected chi connectivity index (χ3v) is 5.19. The molecule has 0 bridgehead atoms. The predicted octanol–water partition coefficient (Wildman–Crippen LogP) is 4.37. The van der Waals surface area contributed by atoms with Gasteiger partial charge in [-0.15, -0.1) is 10.2 Å². The van der Waals surface area contributed by atoms with Crippen LogP contribution in [0.1, 0.15) is 5.76 Å². The molecule has 9 heteroatoms. The van der Waals surface area contributed by atoms with Crippen LogP contribution in [0.4, 0.5) is 5.69 Å². The van der Waals surface area contributed by atoms with Gasteiger partial charge in [-0.25, -0.2) is 0 Å². The Kier molecular flexibility index (Phi) is 5.92. The van der Waals surface area contributed by atoms with E-state index < -0.39 is 0 Å². The second-order valence-electron chi connectivity index (χ2n) is 6.05. The molecule has 3 aromatic heterocycles. The van der Waals surface area contributed by atoms with E-state index in [0.29, 0.717) is 28.2 Å². The number of benzene rings is 1. The van der Waals surface area contributed by atoms with Gasteiger partial charge in [0.15, 0.2) is 11.0 Å². The van der Waals surface area contributed by atoms with Crippen LogP contribution in [0.15, 0.2) is 76.8 Å². The molecule has 29 heavy (non-hydrogen) atoms. The summed E-state index contributed by atoms with van der Waals surface area (Å²) in [5.74, 6) is 1.47. The highest BCUT2D eigenvalue weighted by molar-refractivity contribution is 7.99. The van der Waals surface area contributed by atoms with Crippen LogP contribution in [0.2, 0.25) is 5.02 Å². The second-order valence-corrected chi connectivity index (χ2v) is 7.43. The first-order valence-corrected chi connectivity index (χ1v) is 10.1. The maximum atomic E-state index is 12.3. The van der Waals surface area contributed by atoms with Crippen LogP contribution in [-0.4, -0.2) is 31.4 Å². The first kappa shape index (κ1) is 19.2. The molecule has 0 atom stereocenters. The van der Waals surface area contributed by atoms with Crippen molar-refractivity contribution in [2.45, 2.75) is 11.7 Å². The van der Waals surface area contributed by atoms with Gasteiger partial charge in [-0.05, 0) is 42.5 Å². The van der Waals surface area contributed by atoms with Crippen molar-refractivity contribution in [3.63, 3.8) is 0 Å². The van der Waals surface area contributed by atoms with E-state index >= 15 is 0 Å². The summed E-state index contributed by atoms with van der Waals surface area (Å²) < 4.78 is 7.40. The molecule has 146 valence electrons. The van der Waals surface area contributed by atoms with Gasteiger partial charge in [-0.2, -0.15) is 0 Å². The number of hydrogen-bond donors (Lipinski definition) is 1. The molecule has 4 rings (SSSR count). The van der Waals surface area contributed by atoms with E-state index in [4.69, 9.17) is 16.0 Å². The number of pyridine rings is 1. The van der Waals surface area contributed by atoms with Crippen molar-refractivity contribution in [3.8, 4) is 11.4 Å². The SMILES string of the molecule is O=C(CSc1nnc(-c2ccncc2)n1Cc1ccco1)Nc1cccc(Cl)c1. The summed E-state index contributed by atoms with van der Waals surface area (Å²) in [6.07, 6.45) is 5.02. The van der Waals surface area contributed by atoms with Crippen molar-refractivity contribution < 1.29 is 9.21 Å². The van der Waals surface area contributed by atoms with E-state index in [1.807, 2.05) is 28.8 Å². The zero-order valence-corrected chi connectivity index (χ0v) is 16.7. The predicted molar refractivity (Wildman–Crippen MR) is 112 cm³/mol. The maximum absolute atomic E-state index is 12.3. The lowest BCUT2D eigenvalue weighted by Gasteiger charge is -2.09. The molecule has 1 amide bonds. The number of halogens is 1. The van der Waals surface area contributed by atoms with Crippen LogP contribution in [-0.2, 0) is 11.3 Å². The normalized spacial score (nSPS) is 10.8. The van der Waals surface area contributed by atoms with E-state index in [1.165, 1.54) is 11.8 Å². The van der Waals surface area contributed by atoms with Gasteiger partial charge in [-0.1, -0.05) is 29.4 Å². The number of amides is 1. The van der Waals surface area contributed by atoms with Gasteiger partial charge in [0.25, 0.3) is 0 Å². The van der Waals surface area contributed by atoms with E-state index in [-0.39, 0.29) is 11.7 Å². The Morgan fingerprint density at radius 1 is 1.14 bits per heavy atom. The molecule has 0 radical (unpaired) electrons. The number of nitrogens with one attached hydrogen (secondary N) is 1. The quantitative estimate of drug-likeness (QED) is 0.442. The standard InChI is InChI=1S/C20H16ClN5O2S/c21-15-3-1-4-16(11-15)23-18(27)13-29-20-25-24-19(14-6-8-22-9-7-14)26(20)12-17-5-2-10-28-17/h1-11H,12-13H2,(H,23,27). The highest BCUT2D eigenvalue weighted by Gasteiger charge is 2.17. The van der Waals surface area contributed by atoms with E-state index in [9.17, 15) is 4.79 Å². The van der Waals surface area contributed by atoms with Crippen LogP contribution in [0.5, 0.6) is 0 Å². The Morgan fingerprint density at radius 2 is 2.00 bits per heavy atom. The monoisotopic (exact) mass is 425 g/mol. The molecule has 0 aliphatic carbocycles. The van der Waals surface area contributed by atoms with Crippen molar-refractivity contribution in [1.29, 1.82) is 0 Å². The van der Waals surface area contributed by atoms with Gasteiger partial charge in [0.05, 0.1) is 18.6 Å². The highest BCUT2D eigenvalue weighted by atomic mass is 35.5. The number of nitrogens with zero attached hydrogens (tertiary/aromatic N) is 4. The number of furan rings is 1. The van der Waals surface area contributed by atoms with E-state index in [0.717, 1.165) is 11.3 Å². The molecule has 7 nitrogen and oxygen atoms in total. The second kappa shape index (κ2) is 8.93. The Bertz CT molecular complexity index is 1100. The van der Waals surface area contributed by atoms with Gasteiger partial charge in [0, 0.05) is 28.7 Å². The highest BCUT2D eigenvalue weighted by Crippen LogP contribution is 2.25. The molecule has 0 fully saturated rings. The number of rotatable bonds is 7. The van der Waals surface area contributed by atoms with Crippen molar-refractivity contribution in [2.24, 2.45) is 0 Å². The van der Waals surface area contributed by atoms with Gasteiger partial charge < -0.3 is 9.73 Å². The minimum atomic E-state index is -0.157.